The van der Waals surface area contributed by atoms with Gasteiger partial charge in [0, 0.05) is 5.56 Å². The highest BCUT2D eigenvalue weighted by Crippen LogP contribution is 2.41. The molecule has 1 N–H and O–H groups in total. The lowest BCUT2D eigenvalue weighted by atomic mass is 9.84. The number of aliphatic carboxylic acids is 1. The first-order chi connectivity index (χ1) is 10.1. The molecule has 0 bridgehead atoms. The number of hydrogen-bond donors (Lipinski definition) is 1. The fraction of sp³-hybridized carbons (Fsp3) is 0.588. The predicted octanol–water partition coefficient (Wildman–Crippen LogP) is 3.80. The third-order valence-electron chi connectivity index (χ3n) is 3.31. The molecule has 1 aromatic carbocycles. The molecule has 5 heteroatoms. The molecule has 0 fully saturated rings. The van der Waals surface area contributed by atoms with Crippen molar-refractivity contribution in [1.82, 2.24) is 0 Å². The largest absolute Gasteiger partial charge is 0.482 e. The Bertz CT molecular complexity index is 506. The highest BCUT2D eigenvalue weighted by molar-refractivity contribution is 6.48. The molecule has 1 atom stereocenters. The number of ether oxygens (including phenoxy) is 1. The number of carboxylic acid groups (broad SMARTS) is 1. The number of rotatable bonds is 7. The third-order valence-corrected chi connectivity index (χ3v) is 4.13. The van der Waals surface area contributed by atoms with Crippen molar-refractivity contribution >= 4 is 15.0 Å². The molecule has 0 aromatic heterocycles. The number of benzene rings is 1. The summed E-state index contributed by atoms with van der Waals surface area (Å²) in [7, 11) is -1.25. The molecule has 22 heavy (non-hydrogen) atoms. The highest BCUT2D eigenvalue weighted by Gasteiger charge is 2.30. The van der Waals surface area contributed by atoms with Crippen molar-refractivity contribution in [3.05, 3.63) is 29.3 Å². The van der Waals surface area contributed by atoms with Crippen LogP contribution in [0.25, 0.3) is 0 Å². The Balaban J connectivity index is 3.24. The van der Waals surface area contributed by atoms with Gasteiger partial charge in [-0.05, 0) is 36.6 Å². The van der Waals surface area contributed by atoms with E-state index in [4.69, 9.17) is 14.3 Å². The van der Waals surface area contributed by atoms with E-state index in [1.165, 1.54) is 0 Å². The Hall–Kier alpha value is -1.33. The van der Waals surface area contributed by atoms with E-state index in [0.717, 1.165) is 17.5 Å². The second-order valence-electron chi connectivity index (χ2n) is 6.84. The van der Waals surface area contributed by atoms with Crippen molar-refractivity contribution in [2.24, 2.45) is 5.41 Å². The van der Waals surface area contributed by atoms with E-state index in [9.17, 15) is 4.79 Å². The minimum atomic E-state index is -1.25. The van der Waals surface area contributed by atoms with Crippen molar-refractivity contribution < 1.29 is 19.1 Å². The van der Waals surface area contributed by atoms with Gasteiger partial charge in [-0.15, -0.1) is 0 Å². The van der Waals surface area contributed by atoms with E-state index in [0.29, 0.717) is 5.75 Å². The lowest BCUT2D eigenvalue weighted by molar-refractivity contribution is -0.139. The summed E-state index contributed by atoms with van der Waals surface area (Å²) in [5.41, 5.74) is 1.97. The quantitative estimate of drug-likeness (QED) is 0.775. The zero-order chi connectivity index (χ0) is 16.9. The maximum atomic E-state index is 10.8. The minimum absolute atomic E-state index is 0.0909. The number of carboxylic acids is 1. The van der Waals surface area contributed by atoms with Gasteiger partial charge in [0.15, 0.2) is 15.6 Å². The summed E-state index contributed by atoms with van der Waals surface area (Å²) in [5.74, 6) is -0.351. The first kappa shape index (κ1) is 18.7. The molecular formula is C17H28O4Si. The Labute approximate surface area is 135 Å². The van der Waals surface area contributed by atoms with Crippen molar-refractivity contribution in [1.29, 1.82) is 0 Å². The standard InChI is InChI=1S/C17H28O4Si/c1-7-12-8-9-13(14(10-12)20-11-15(18)19)16(17(2,3)4)21-22(5)6/h8-10,16,22H,7,11H2,1-6H3,(H,18,19). The van der Waals surface area contributed by atoms with E-state index in [2.05, 4.69) is 46.9 Å². The van der Waals surface area contributed by atoms with Crippen LogP contribution in [-0.2, 0) is 15.6 Å². The average Bonchev–Trinajstić information content (AvgIpc) is 2.41. The van der Waals surface area contributed by atoms with Gasteiger partial charge in [-0.2, -0.15) is 0 Å². The van der Waals surface area contributed by atoms with Crippen molar-refractivity contribution in [2.45, 2.75) is 53.3 Å². The number of carbonyl (C=O) groups is 1. The van der Waals surface area contributed by atoms with Crippen molar-refractivity contribution in [3.63, 3.8) is 0 Å². The molecular weight excluding hydrogens is 296 g/mol. The summed E-state index contributed by atoms with van der Waals surface area (Å²) in [5, 5.41) is 8.89. The van der Waals surface area contributed by atoms with Crippen LogP contribution < -0.4 is 4.74 Å². The zero-order valence-corrected chi connectivity index (χ0v) is 15.6. The van der Waals surface area contributed by atoms with Gasteiger partial charge < -0.3 is 14.3 Å². The Kier molecular flexibility index (Phi) is 6.62. The third kappa shape index (κ3) is 5.46. The second kappa shape index (κ2) is 7.79. The maximum absolute atomic E-state index is 10.8. The van der Waals surface area contributed by atoms with Crippen LogP contribution in [-0.4, -0.2) is 26.7 Å². The molecule has 0 amide bonds. The fourth-order valence-corrected chi connectivity index (χ4v) is 3.40. The SMILES string of the molecule is CCc1ccc(C(O[SiH](C)C)C(C)(C)C)c(OCC(=O)O)c1. The van der Waals surface area contributed by atoms with Crippen LogP contribution in [0.1, 0.15) is 44.9 Å². The summed E-state index contributed by atoms with van der Waals surface area (Å²) in [6.07, 6.45) is 0.776. The first-order valence-electron chi connectivity index (χ1n) is 7.78. The summed E-state index contributed by atoms with van der Waals surface area (Å²) in [4.78, 5) is 10.8. The van der Waals surface area contributed by atoms with Crippen LogP contribution in [0.2, 0.25) is 13.1 Å². The van der Waals surface area contributed by atoms with Gasteiger partial charge in [-0.3, -0.25) is 0 Å². The summed E-state index contributed by atoms with van der Waals surface area (Å²) in [6.45, 7) is 12.4. The Morgan fingerprint density at radius 1 is 1.32 bits per heavy atom. The Morgan fingerprint density at radius 2 is 1.95 bits per heavy atom. The molecule has 1 unspecified atom stereocenters. The first-order valence-corrected chi connectivity index (χ1v) is 10.6. The maximum Gasteiger partial charge on any atom is 0.341 e. The molecule has 1 aromatic rings. The topological polar surface area (TPSA) is 55.8 Å². The van der Waals surface area contributed by atoms with E-state index in [1.807, 2.05) is 12.1 Å². The van der Waals surface area contributed by atoms with E-state index >= 15 is 0 Å². The molecule has 0 aliphatic heterocycles. The molecule has 0 saturated heterocycles. The van der Waals surface area contributed by atoms with E-state index in [-0.39, 0.29) is 18.1 Å². The smallest absolute Gasteiger partial charge is 0.341 e. The van der Waals surface area contributed by atoms with Crippen LogP contribution in [0.5, 0.6) is 5.75 Å². The van der Waals surface area contributed by atoms with Gasteiger partial charge in [0.05, 0.1) is 6.10 Å². The number of hydrogen-bond acceptors (Lipinski definition) is 3. The normalized spacial score (nSPS) is 13.2. The molecule has 0 saturated carbocycles. The monoisotopic (exact) mass is 324 g/mol. The molecule has 1 rings (SSSR count). The molecule has 0 heterocycles. The summed E-state index contributed by atoms with van der Waals surface area (Å²) < 4.78 is 11.8. The molecule has 0 aliphatic carbocycles. The van der Waals surface area contributed by atoms with Crippen LogP contribution in [0, 0.1) is 5.41 Å². The van der Waals surface area contributed by atoms with Crippen molar-refractivity contribution in [2.75, 3.05) is 6.61 Å². The highest BCUT2D eigenvalue weighted by atomic mass is 28.3. The van der Waals surface area contributed by atoms with E-state index < -0.39 is 15.0 Å². The zero-order valence-electron chi connectivity index (χ0n) is 14.5. The van der Waals surface area contributed by atoms with Crippen LogP contribution in [0.3, 0.4) is 0 Å². The average molecular weight is 324 g/mol. The molecule has 124 valence electrons. The summed E-state index contributed by atoms with van der Waals surface area (Å²) >= 11 is 0. The van der Waals surface area contributed by atoms with Crippen LogP contribution in [0.15, 0.2) is 18.2 Å². The van der Waals surface area contributed by atoms with Gasteiger partial charge in [0.2, 0.25) is 0 Å². The van der Waals surface area contributed by atoms with E-state index in [1.54, 1.807) is 0 Å². The minimum Gasteiger partial charge on any atom is -0.482 e. The molecule has 0 radical (unpaired) electrons. The van der Waals surface area contributed by atoms with Gasteiger partial charge in [0.1, 0.15) is 5.75 Å². The van der Waals surface area contributed by atoms with Crippen molar-refractivity contribution in [3.8, 4) is 5.75 Å². The van der Waals surface area contributed by atoms with Crippen LogP contribution in [0.4, 0.5) is 0 Å². The van der Waals surface area contributed by atoms with Gasteiger partial charge in [-0.1, -0.05) is 39.8 Å². The lowest BCUT2D eigenvalue weighted by Gasteiger charge is -2.34. The fourth-order valence-electron chi connectivity index (χ4n) is 2.30. The molecule has 0 spiro atoms. The Morgan fingerprint density at radius 3 is 2.41 bits per heavy atom. The van der Waals surface area contributed by atoms with Gasteiger partial charge in [-0.25, -0.2) is 4.79 Å². The predicted molar refractivity (Wildman–Crippen MR) is 91.1 cm³/mol. The number of aryl methyl sites for hydroxylation is 1. The lowest BCUT2D eigenvalue weighted by Crippen LogP contribution is -2.26. The van der Waals surface area contributed by atoms with Gasteiger partial charge >= 0.3 is 5.97 Å². The molecule has 4 nitrogen and oxygen atoms in total. The summed E-state index contributed by atoms with van der Waals surface area (Å²) in [6, 6.07) is 6.01. The van der Waals surface area contributed by atoms with Gasteiger partial charge in [0.25, 0.3) is 0 Å². The van der Waals surface area contributed by atoms with Crippen LogP contribution >= 0.6 is 0 Å². The molecule has 0 aliphatic rings. The second-order valence-corrected chi connectivity index (χ2v) is 9.21.